The second-order valence-electron chi connectivity index (χ2n) is 8.79. The Labute approximate surface area is 215 Å². The Bertz CT molecular complexity index is 1810. The van der Waals surface area contributed by atoms with Crippen molar-refractivity contribution >= 4 is 33.7 Å². The van der Waals surface area contributed by atoms with Crippen LogP contribution in [-0.4, -0.2) is 46.1 Å². The maximum Gasteiger partial charge on any atom is 0.224 e. The number of phenolic OH excluding ortho intramolecular Hbond substituents is 1. The van der Waals surface area contributed by atoms with Crippen molar-refractivity contribution in [2.75, 3.05) is 5.32 Å². The minimum atomic E-state index is -0.550. The number of imidazole rings is 1. The maximum atomic E-state index is 14.0. The fourth-order valence-corrected chi connectivity index (χ4v) is 4.35. The predicted octanol–water partition coefficient (Wildman–Crippen LogP) is 5.21. The number of nitrogens with zero attached hydrogens (tertiary/aromatic N) is 5. The second kappa shape index (κ2) is 9.36. The van der Waals surface area contributed by atoms with Crippen LogP contribution in [0.25, 0.3) is 56.0 Å². The molecule has 0 aliphatic rings. The normalized spacial score (nSPS) is 11.3. The summed E-state index contributed by atoms with van der Waals surface area (Å²) in [5.41, 5.74) is 5.35. The van der Waals surface area contributed by atoms with Crippen LogP contribution in [0.4, 0.5) is 10.1 Å². The number of carbonyl (C=O) groups is 1. The van der Waals surface area contributed by atoms with Gasteiger partial charge in [-0.15, -0.1) is 0 Å². The third-order valence-electron chi connectivity index (χ3n) is 6.05. The zero-order valence-electron chi connectivity index (χ0n) is 20.2. The fraction of sp³-hybridized carbons (Fsp3) is 0.111. The lowest BCUT2D eigenvalue weighted by Gasteiger charge is -2.06. The highest BCUT2D eigenvalue weighted by Gasteiger charge is 2.17. The Morgan fingerprint density at radius 3 is 2.82 bits per heavy atom. The largest absolute Gasteiger partial charge is 0.508 e. The summed E-state index contributed by atoms with van der Waals surface area (Å²) in [6.07, 6.45) is 7.70. The average molecular weight is 509 g/mol. The molecule has 5 aromatic heterocycles. The first kappa shape index (κ1) is 23.2. The van der Waals surface area contributed by atoms with Gasteiger partial charge in [0.15, 0.2) is 11.5 Å². The van der Waals surface area contributed by atoms with Crippen LogP contribution in [0.15, 0.2) is 61.2 Å². The standard InChI is InChI=1S/C27H21FN8O2/c1-2-3-23(38)32-17-7-15(11-29-12-17)21-10-20-22(13-31-21)35-36-25(20)27-33-24-19(4-5-30-26(24)34-27)14-6-16(28)9-18(37)8-14/h4-13,37H,2-3H2,1H3,(H,32,38)(H,35,36)(H,30,33,34). The minimum absolute atomic E-state index is 0.0710. The summed E-state index contributed by atoms with van der Waals surface area (Å²) in [4.78, 5) is 33.0. The summed E-state index contributed by atoms with van der Waals surface area (Å²) >= 11 is 0. The number of aromatic amines is 2. The Balaban J connectivity index is 1.41. The molecule has 0 saturated heterocycles. The Hall–Kier alpha value is -5.19. The molecule has 38 heavy (non-hydrogen) atoms. The van der Waals surface area contributed by atoms with Gasteiger partial charge in [-0.25, -0.2) is 14.4 Å². The monoisotopic (exact) mass is 508 g/mol. The highest BCUT2D eigenvalue weighted by Crippen LogP contribution is 2.33. The number of pyridine rings is 3. The van der Waals surface area contributed by atoms with Gasteiger partial charge < -0.3 is 15.4 Å². The van der Waals surface area contributed by atoms with Crippen molar-refractivity contribution in [3.05, 3.63) is 67.0 Å². The first-order chi connectivity index (χ1) is 18.5. The fourth-order valence-electron chi connectivity index (χ4n) is 4.35. The quantitative estimate of drug-likeness (QED) is 0.242. The highest BCUT2D eigenvalue weighted by atomic mass is 19.1. The summed E-state index contributed by atoms with van der Waals surface area (Å²) in [7, 11) is 0. The summed E-state index contributed by atoms with van der Waals surface area (Å²) in [6.45, 7) is 1.95. The van der Waals surface area contributed by atoms with Crippen LogP contribution in [0, 0.1) is 5.82 Å². The third kappa shape index (κ3) is 4.30. The molecular formula is C27H21FN8O2. The molecule has 0 unspecified atom stereocenters. The molecule has 6 aromatic rings. The van der Waals surface area contributed by atoms with E-state index in [0.29, 0.717) is 57.1 Å². The molecule has 5 heterocycles. The summed E-state index contributed by atoms with van der Waals surface area (Å²) < 4.78 is 14.0. The van der Waals surface area contributed by atoms with Gasteiger partial charge in [0, 0.05) is 41.4 Å². The molecule has 0 aliphatic heterocycles. The molecule has 0 aliphatic carbocycles. The van der Waals surface area contributed by atoms with Crippen molar-refractivity contribution in [1.29, 1.82) is 0 Å². The van der Waals surface area contributed by atoms with E-state index in [1.54, 1.807) is 30.9 Å². The SMILES string of the molecule is CCCC(=O)Nc1cncc(-c2cc3c(-c4nc5nccc(-c6cc(O)cc(F)c6)c5[nH]4)n[nH]c3cn2)c1. The van der Waals surface area contributed by atoms with E-state index in [1.165, 1.54) is 12.1 Å². The number of hydrogen-bond donors (Lipinski definition) is 4. The summed E-state index contributed by atoms with van der Waals surface area (Å²) in [6, 6.07) is 9.28. The van der Waals surface area contributed by atoms with E-state index >= 15 is 0 Å². The first-order valence-electron chi connectivity index (χ1n) is 11.9. The lowest BCUT2D eigenvalue weighted by molar-refractivity contribution is -0.116. The topological polar surface area (TPSA) is 145 Å². The molecule has 0 fully saturated rings. The van der Waals surface area contributed by atoms with Gasteiger partial charge in [0.2, 0.25) is 5.91 Å². The molecule has 0 saturated carbocycles. The van der Waals surface area contributed by atoms with E-state index in [0.717, 1.165) is 23.4 Å². The number of rotatable bonds is 6. The van der Waals surface area contributed by atoms with Gasteiger partial charge in [-0.05, 0) is 42.3 Å². The zero-order valence-corrected chi connectivity index (χ0v) is 20.2. The minimum Gasteiger partial charge on any atom is -0.508 e. The lowest BCUT2D eigenvalue weighted by atomic mass is 10.1. The molecule has 10 nitrogen and oxygen atoms in total. The summed E-state index contributed by atoms with van der Waals surface area (Å²) in [5, 5.41) is 20.9. The molecule has 6 rings (SSSR count). The number of anilines is 1. The van der Waals surface area contributed by atoms with E-state index in [2.05, 4.69) is 40.4 Å². The van der Waals surface area contributed by atoms with Crippen LogP contribution in [0.3, 0.4) is 0 Å². The number of fused-ring (bicyclic) bond motifs is 2. The number of H-pyrrole nitrogens is 2. The first-order valence-corrected chi connectivity index (χ1v) is 11.9. The van der Waals surface area contributed by atoms with Crippen LogP contribution in [-0.2, 0) is 4.79 Å². The van der Waals surface area contributed by atoms with Gasteiger partial charge in [0.25, 0.3) is 0 Å². The molecule has 4 N–H and O–H groups in total. The average Bonchev–Trinajstić information content (AvgIpc) is 3.52. The van der Waals surface area contributed by atoms with Gasteiger partial charge in [-0.3, -0.25) is 19.9 Å². The number of amides is 1. The number of nitrogens with one attached hydrogen (secondary N) is 3. The van der Waals surface area contributed by atoms with Crippen molar-refractivity contribution < 1.29 is 14.3 Å². The van der Waals surface area contributed by atoms with E-state index in [1.807, 2.05) is 19.1 Å². The highest BCUT2D eigenvalue weighted by molar-refractivity contribution is 5.97. The van der Waals surface area contributed by atoms with Crippen molar-refractivity contribution in [3.8, 4) is 39.7 Å². The van der Waals surface area contributed by atoms with E-state index in [-0.39, 0.29) is 11.7 Å². The number of halogens is 1. The van der Waals surface area contributed by atoms with E-state index < -0.39 is 5.82 Å². The molecule has 1 amide bonds. The molecule has 11 heteroatoms. The van der Waals surface area contributed by atoms with Gasteiger partial charge in [-0.1, -0.05) is 6.92 Å². The zero-order chi connectivity index (χ0) is 26.2. The number of aromatic hydroxyl groups is 1. The van der Waals surface area contributed by atoms with Crippen LogP contribution in [0.1, 0.15) is 19.8 Å². The van der Waals surface area contributed by atoms with Gasteiger partial charge in [-0.2, -0.15) is 5.10 Å². The van der Waals surface area contributed by atoms with Crippen LogP contribution >= 0.6 is 0 Å². The van der Waals surface area contributed by atoms with E-state index in [9.17, 15) is 14.3 Å². The van der Waals surface area contributed by atoms with Crippen molar-refractivity contribution in [2.24, 2.45) is 0 Å². The van der Waals surface area contributed by atoms with Crippen molar-refractivity contribution in [3.63, 3.8) is 0 Å². The Morgan fingerprint density at radius 2 is 1.97 bits per heavy atom. The molecule has 188 valence electrons. The van der Waals surface area contributed by atoms with Crippen LogP contribution < -0.4 is 5.32 Å². The number of carbonyl (C=O) groups excluding carboxylic acids is 1. The molecule has 0 atom stereocenters. The molecular weight excluding hydrogens is 487 g/mol. The second-order valence-corrected chi connectivity index (χ2v) is 8.79. The van der Waals surface area contributed by atoms with Gasteiger partial charge in [0.1, 0.15) is 17.3 Å². The number of benzene rings is 1. The van der Waals surface area contributed by atoms with E-state index in [4.69, 9.17) is 0 Å². The van der Waals surface area contributed by atoms with Gasteiger partial charge in [0.05, 0.1) is 34.8 Å². The number of aromatic nitrogens is 7. The smallest absolute Gasteiger partial charge is 0.224 e. The van der Waals surface area contributed by atoms with Crippen LogP contribution in [0.5, 0.6) is 5.75 Å². The Kier molecular flexibility index (Phi) is 5.72. The lowest BCUT2D eigenvalue weighted by Crippen LogP contribution is -2.10. The van der Waals surface area contributed by atoms with Gasteiger partial charge >= 0.3 is 0 Å². The number of phenols is 1. The molecule has 0 spiro atoms. The molecule has 1 aromatic carbocycles. The van der Waals surface area contributed by atoms with Crippen LogP contribution in [0.2, 0.25) is 0 Å². The number of hydrogen-bond acceptors (Lipinski definition) is 7. The van der Waals surface area contributed by atoms with Crippen molar-refractivity contribution in [2.45, 2.75) is 19.8 Å². The predicted molar refractivity (Wildman–Crippen MR) is 141 cm³/mol. The Morgan fingerprint density at radius 1 is 1.08 bits per heavy atom. The molecule has 0 bridgehead atoms. The molecule has 0 radical (unpaired) electrons. The van der Waals surface area contributed by atoms with Crippen molar-refractivity contribution in [1.82, 2.24) is 35.1 Å². The summed E-state index contributed by atoms with van der Waals surface area (Å²) in [5.74, 6) is -0.334. The maximum absolute atomic E-state index is 14.0. The third-order valence-corrected chi connectivity index (χ3v) is 6.05.